The number of hydrogen-bond acceptors (Lipinski definition) is 5. The Bertz CT molecular complexity index is 1170. The summed E-state index contributed by atoms with van der Waals surface area (Å²) >= 11 is 0. The highest BCUT2D eigenvalue weighted by molar-refractivity contribution is 5.78. The van der Waals surface area contributed by atoms with Crippen LogP contribution >= 0.6 is 0 Å². The molecule has 0 radical (unpaired) electrons. The van der Waals surface area contributed by atoms with Crippen LogP contribution in [0.4, 0.5) is 0 Å². The van der Waals surface area contributed by atoms with E-state index in [9.17, 15) is 14.4 Å². The first-order chi connectivity index (χ1) is 17.0. The second kappa shape index (κ2) is 10.3. The molecule has 1 saturated heterocycles. The number of H-pyrrole nitrogens is 1. The third kappa shape index (κ3) is 4.59. The van der Waals surface area contributed by atoms with Gasteiger partial charge in [0.15, 0.2) is 5.65 Å². The molecular weight excluding hydrogens is 444 g/mol. The molecule has 2 atom stereocenters. The molecule has 2 saturated carbocycles. The van der Waals surface area contributed by atoms with E-state index in [0.717, 1.165) is 64.0 Å². The quantitative estimate of drug-likeness (QED) is 0.505. The van der Waals surface area contributed by atoms with Crippen LogP contribution in [0.1, 0.15) is 83.4 Å². The minimum Gasteiger partial charge on any atom is -0.343 e. The predicted octanol–water partition coefficient (Wildman–Crippen LogP) is 2.58. The van der Waals surface area contributed by atoms with Crippen molar-refractivity contribution in [3.63, 3.8) is 0 Å². The van der Waals surface area contributed by atoms with E-state index >= 15 is 0 Å². The Morgan fingerprint density at radius 2 is 1.71 bits per heavy atom. The molecule has 2 N–H and O–H groups in total. The van der Waals surface area contributed by atoms with Crippen LogP contribution in [0.25, 0.3) is 11.2 Å². The third-order valence-electron chi connectivity index (χ3n) is 8.42. The summed E-state index contributed by atoms with van der Waals surface area (Å²) in [6.07, 6.45) is 8.85. The molecule has 35 heavy (non-hydrogen) atoms. The number of nitrogens with one attached hydrogen (secondary N) is 2. The standard InChI is InChI=1S/C26H40N6O3/c1-3-11-31-24-22(25(34)32(12-4-2)26(31)35)28-23(29-24)19-15-17-8-9-18(16-19)21(17)27-10-6-14-30-13-5-7-20(30)33/h17-19,21,27H,3-16H2,1-2H3,(H,28,29). The average Bonchev–Trinajstić information content (AvgIpc) is 3.53. The zero-order valence-electron chi connectivity index (χ0n) is 21.2. The van der Waals surface area contributed by atoms with Crippen LogP contribution in [-0.4, -0.2) is 55.6 Å². The summed E-state index contributed by atoms with van der Waals surface area (Å²) in [6.45, 7) is 7.75. The summed E-state index contributed by atoms with van der Waals surface area (Å²) in [4.78, 5) is 48.1. The summed E-state index contributed by atoms with van der Waals surface area (Å²) in [5, 5.41) is 3.82. The van der Waals surface area contributed by atoms with Gasteiger partial charge in [-0.1, -0.05) is 13.8 Å². The number of amides is 1. The highest BCUT2D eigenvalue weighted by atomic mass is 16.2. The Morgan fingerprint density at radius 3 is 2.37 bits per heavy atom. The van der Waals surface area contributed by atoms with Gasteiger partial charge < -0.3 is 15.2 Å². The molecule has 3 aliphatic rings. The summed E-state index contributed by atoms with van der Waals surface area (Å²) in [6, 6.07) is 0.532. The minimum absolute atomic E-state index is 0.243. The molecule has 2 aliphatic carbocycles. The number of fused-ring (bicyclic) bond motifs is 3. The van der Waals surface area contributed by atoms with Crippen LogP contribution < -0.4 is 16.6 Å². The molecule has 0 spiro atoms. The number of aryl methyl sites for hydroxylation is 1. The maximum atomic E-state index is 13.1. The molecule has 1 amide bonds. The largest absolute Gasteiger partial charge is 0.343 e. The van der Waals surface area contributed by atoms with Crippen molar-refractivity contribution in [2.75, 3.05) is 19.6 Å². The number of aromatic nitrogens is 4. The van der Waals surface area contributed by atoms with Gasteiger partial charge in [-0.2, -0.15) is 0 Å². The van der Waals surface area contributed by atoms with Crippen molar-refractivity contribution in [2.24, 2.45) is 11.8 Å². The number of likely N-dealkylation sites (tertiary alicyclic amines) is 1. The van der Waals surface area contributed by atoms with Crippen LogP contribution in [-0.2, 0) is 17.9 Å². The first-order valence-corrected chi connectivity index (χ1v) is 13.8. The Hall–Kier alpha value is -2.42. The van der Waals surface area contributed by atoms with Gasteiger partial charge in [0.2, 0.25) is 5.91 Å². The molecule has 3 heterocycles. The molecular formula is C26H40N6O3. The van der Waals surface area contributed by atoms with Crippen LogP contribution in [0.2, 0.25) is 0 Å². The van der Waals surface area contributed by atoms with E-state index in [-0.39, 0.29) is 11.2 Å². The molecule has 1 aliphatic heterocycles. The number of nitrogens with zero attached hydrogens (tertiary/aromatic N) is 4. The van der Waals surface area contributed by atoms with Crippen LogP contribution in [0.15, 0.2) is 9.59 Å². The van der Waals surface area contributed by atoms with E-state index in [1.165, 1.54) is 17.4 Å². The maximum absolute atomic E-state index is 13.1. The average molecular weight is 485 g/mol. The highest BCUT2D eigenvalue weighted by Gasteiger charge is 2.43. The molecule has 2 aromatic heterocycles. The topological polar surface area (TPSA) is 105 Å². The minimum atomic E-state index is -0.243. The van der Waals surface area contributed by atoms with Crippen molar-refractivity contribution in [3.8, 4) is 0 Å². The number of aromatic amines is 1. The van der Waals surface area contributed by atoms with E-state index in [4.69, 9.17) is 4.98 Å². The Morgan fingerprint density at radius 1 is 1.00 bits per heavy atom. The van der Waals surface area contributed by atoms with E-state index in [0.29, 0.717) is 60.4 Å². The first kappa shape index (κ1) is 24.3. The lowest BCUT2D eigenvalue weighted by Gasteiger charge is -2.35. The molecule has 0 aromatic carbocycles. The monoisotopic (exact) mass is 484 g/mol. The molecule has 3 fully saturated rings. The van der Waals surface area contributed by atoms with Gasteiger partial charge in [0.25, 0.3) is 5.56 Å². The Labute approximate surface area is 206 Å². The van der Waals surface area contributed by atoms with Gasteiger partial charge in [0.1, 0.15) is 11.3 Å². The predicted molar refractivity (Wildman–Crippen MR) is 136 cm³/mol. The van der Waals surface area contributed by atoms with Gasteiger partial charge in [-0.05, 0) is 69.7 Å². The van der Waals surface area contributed by atoms with Crippen LogP contribution in [0, 0.1) is 11.8 Å². The molecule has 192 valence electrons. The summed E-state index contributed by atoms with van der Waals surface area (Å²) in [5.74, 6) is 2.69. The molecule has 5 rings (SSSR count). The van der Waals surface area contributed by atoms with E-state index in [1.54, 1.807) is 4.57 Å². The molecule has 9 nitrogen and oxygen atoms in total. The normalized spacial score (nSPS) is 26.3. The highest BCUT2D eigenvalue weighted by Crippen LogP contribution is 2.48. The lowest BCUT2D eigenvalue weighted by Crippen LogP contribution is -2.43. The van der Waals surface area contributed by atoms with Gasteiger partial charge in [0.05, 0.1) is 0 Å². The number of rotatable bonds is 10. The van der Waals surface area contributed by atoms with Gasteiger partial charge in [-0.3, -0.25) is 18.7 Å². The summed E-state index contributed by atoms with van der Waals surface area (Å²) < 4.78 is 3.04. The second-order valence-electron chi connectivity index (χ2n) is 10.8. The maximum Gasteiger partial charge on any atom is 0.332 e. The van der Waals surface area contributed by atoms with Crippen molar-refractivity contribution in [1.82, 2.24) is 29.3 Å². The number of carbonyl (C=O) groups is 1. The van der Waals surface area contributed by atoms with Crippen LogP contribution in [0.3, 0.4) is 0 Å². The zero-order chi connectivity index (χ0) is 24.5. The van der Waals surface area contributed by atoms with Crippen molar-refractivity contribution in [3.05, 3.63) is 26.7 Å². The fourth-order valence-corrected chi connectivity index (χ4v) is 6.79. The van der Waals surface area contributed by atoms with Crippen molar-refractivity contribution in [1.29, 1.82) is 0 Å². The molecule has 2 bridgehead atoms. The molecule has 9 heteroatoms. The van der Waals surface area contributed by atoms with Crippen molar-refractivity contribution >= 4 is 17.1 Å². The fourth-order valence-electron chi connectivity index (χ4n) is 6.79. The van der Waals surface area contributed by atoms with Crippen molar-refractivity contribution < 1.29 is 4.79 Å². The van der Waals surface area contributed by atoms with Gasteiger partial charge in [-0.15, -0.1) is 0 Å². The lowest BCUT2D eigenvalue weighted by molar-refractivity contribution is -0.127. The first-order valence-electron chi connectivity index (χ1n) is 13.8. The third-order valence-corrected chi connectivity index (χ3v) is 8.42. The van der Waals surface area contributed by atoms with E-state index < -0.39 is 0 Å². The zero-order valence-corrected chi connectivity index (χ0v) is 21.2. The lowest BCUT2D eigenvalue weighted by atomic mass is 9.77. The van der Waals surface area contributed by atoms with Crippen molar-refractivity contribution in [2.45, 2.75) is 96.7 Å². The van der Waals surface area contributed by atoms with Gasteiger partial charge in [-0.25, -0.2) is 9.78 Å². The molecule has 2 aromatic rings. The van der Waals surface area contributed by atoms with E-state index in [1.807, 2.05) is 18.7 Å². The molecule has 2 unspecified atom stereocenters. The fraction of sp³-hybridized carbons (Fsp3) is 0.769. The summed E-state index contributed by atoms with van der Waals surface area (Å²) in [7, 11) is 0. The Balaban J connectivity index is 1.29. The SMILES string of the molecule is CCCn1c(=O)c2[nH]c(C3CC4CCC(C3)C4NCCCN3CCCC3=O)nc2n(CCC)c1=O. The summed E-state index contributed by atoms with van der Waals surface area (Å²) in [5.41, 5.74) is 0.513. The second-order valence-corrected chi connectivity index (χ2v) is 10.8. The van der Waals surface area contributed by atoms with Crippen LogP contribution in [0.5, 0.6) is 0 Å². The number of hydrogen-bond donors (Lipinski definition) is 2. The van der Waals surface area contributed by atoms with Gasteiger partial charge in [0, 0.05) is 44.6 Å². The Kier molecular flexibility index (Phi) is 7.14. The number of imidazole rings is 1. The number of carbonyl (C=O) groups excluding carboxylic acids is 1. The van der Waals surface area contributed by atoms with Gasteiger partial charge >= 0.3 is 5.69 Å². The van der Waals surface area contributed by atoms with E-state index in [2.05, 4.69) is 10.3 Å². The smallest absolute Gasteiger partial charge is 0.332 e.